The summed E-state index contributed by atoms with van der Waals surface area (Å²) >= 11 is 2.08. The van der Waals surface area contributed by atoms with Gasteiger partial charge in [-0.1, -0.05) is 35.2 Å². The zero-order valence-electron chi connectivity index (χ0n) is 21.9. The first-order valence-corrected chi connectivity index (χ1v) is 15.9. The summed E-state index contributed by atoms with van der Waals surface area (Å²) in [5, 5.41) is 7.37. The van der Waals surface area contributed by atoms with Gasteiger partial charge >= 0.3 is 4.87 Å². The van der Waals surface area contributed by atoms with E-state index in [1.807, 2.05) is 0 Å². The third kappa shape index (κ3) is 5.59. The molecule has 2 aliphatic rings. The fourth-order valence-corrected chi connectivity index (χ4v) is 8.12. The lowest BCUT2D eigenvalue weighted by atomic mass is 9.83. The highest BCUT2D eigenvalue weighted by Gasteiger charge is 2.56. The molecule has 6 rings (SSSR count). The fraction of sp³-hybridized carbons (Fsp3) is 0.143. The Hall–Kier alpha value is -4.31. The molecule has 3 atom stereocenters. The fourth-order valence-electron chi connectivity index (χ4n) is 5.09. The summed E-state index contributed by atoms with van der Waals surface area (Å²) in [6, 6.07) is 17.1. The highest BCUT2D eigenvalue weighted by Crippen LogP contribution is 2.53. The highest BCUT2D eigenvalue weighted by molar-refractivity contribution is 8.00. The minimum atomic E-state index is -3.87. The second kappa shape index (κ2) is 11.1. The molecule has 2 aliphatic heterocycles. The zero-order chi connectivity index (χ0) is 30.5. The number of halogens is 1. The summed E-state index contributed by atoms with van der Waals surface area (Å²) < 4.78 is 42.1. The SMILES string of the molecule is NS(=O)(=O)c1ccc(NC(=O)COc2cccc(C3c4sc(=O)[nH]c4SC4C(=O)N(c5ccc(F)cc5)C(=O)C43)c2)cc1. The number of amides is 3. The van der Waals surface area contributed by atoms with Crippen LogP contribution in [0.5, 0.6) is 5.75 Å². The lowest BCUT2D eigenvalue weighted by Crippen LogP contribution is -2.32. The zero-order valence-corrected chi connectivity index (χ0v) is 24.3. The van der Waals surface area contributed by atoms with E-state index in [4.69, 9.17) is 9.88 Å². The van der Waals surface area contributed by atoms with Crippen LogP contribution in [0.25, 0.3) is 0 Å². The Morgan fingerprint density at radius 1 is 1.02 bits per heavy atom. The molecule has 0 aliphatic carbocycles. The molecule has 1 aromatic heterocycles. The molecule has 3 amide bonds. The van der Waals surface area contributed by atoms with Crippen molar-refractivity contribution in [2.75, 3.05) is 16.8 Å². The van der Waals surface area contributed by atoms with Gasteiger partial charge in [-0.2, -0.15) is 0 Å². The van der Waals surface area contributed by atoms with Crippen molar-refractivity contribution in [1.29, 1.82) is 0 Å². The summed E-state index contributed by atoms with van der Waals surface area (Å²) in [5.41, 5.74) is 1.19. The molecule has 4 aromatic rings. The van der Waals surface area contributed by atoms with Crippen LogP contribution in [0.15, 0.2) is 87.5 Å². The van der Waals surface area contributed by atoms with E-state index < -0.39 is 50.6 Å². The monoisotopic (exact) mass is 640 g/mol. The number of aromatic nitrogens is 1. The molecule has 15 heteroatoms. The number of imide groups is 1. The van der Waals surface area contributed by atoms with Crippen molar-refractivity contribution >= 4 is 62.2 Å². The van der Waals surface area contributed by atoms with Gasteiger partial charge in [-0.15, -0.1) is 0 Å². The van der Waals surface area contributed by atoms with E-state index in [9.17, 15) is 32.0 Å². The van der Waals surface area contributed by atoms with Crippen LogP contribution in [0.1, 0.15) is 16.4 Å². The van der Waals surface area contributed by atoms with Gasteiger partial charge in [0.05, 0.1) is 21.5 Å². The standard InChI is InChI=1S/C28H21FN4O7S3/c29-15-4-8-17(9-5-15)33-26(35)22-21(23-25(32-28(37)42-23)41-24(22)27(33)36)14-2-1-3-18(12-14)40-13-20(34)31-16-6-10-19(11-7-16)43(30,38)39/h1-12,21-22,24H,13H2,(H,31,34)(H,32,37)(H2,30,38,39). The van der Waals surface area contributed by atoms with Gasteiger partial charge in [-0.05, 0) is 66.2 Å². The Morgan fingerprint density at radius 2 is 1.74 bits per heavy atom. The number of rotatable bonds is 7. The topological polar surface area (TPSA) is 169 Å². The number of benzene rings is 3. The Bertz CT molecular complexity index is 1920. The van der Waals surface area contributed by atoms with Gasteiger partial charge in [0.1, 0.15) is 16.8 Å². The Kier molecular flexibility index (Phi) is 7.41. The number of thioether (sulfide) groups is 1. The van der Waals surface area contributed by atoms with E-state index in [1.54, 1.807) is 24.3 Å². The number of thiazole rings is 1. The Balaban J connectivity index is 1.24. The number of hydrogen-bond acceptors (Lipinski definition) is 9. The van der Waals surface area contributed by atoms with E-state index in [2.05, 4.69) is 10.3 Å². The normalized spacial score (nSPS) is 19.6. The number of aromatic amines is 1. The van der Waals surface area contributed by atoms with Crippen molar-refractivity contribution in [1.82, 2.24) is 4.98 Å². The molecular weight excluding hydrogens is 620 g/mol. The molecule has 43 heavy (non-hydrogen) atoms. The molecular formula is C28H21FN4O7S3. The first kappa shape index (κ1) is 28.8. The molecule has 4 N–H and O–H groups in total. The van der Waals surface area contributed by atoms with Gasteiger partial charge in [-0.3, -0.25) is 19.2 Å². The van der Waals surface area contributed by atoms with E-state index in [-0.39, 0.29) is 22.1 Å². The van der Waals surface area contributed by atoms with E-state index >= 15 is 0 Å². The van der Waals surface area contributed by atoms with Crippen molar-refractivity contribution in [3.05, 3.63) is 98.7 Å². The van der Waals surface area contributed by atoms with Crippen LogP contribution in [-0.2, 0) is 24.4 Å². The van der Waals surface area contributed by atoms with Crippen LogP contribution in [0.2, 0.25) is 0 Å². The predicted molar refractivity (Wildman–Crippen MR) is 157 cm³/mol. The smallest absolute Gasteiger partial charge is 0.305 e. The van der Waals surface area contributed by atoms with E-state index in [0.717, 1.165) is 28.0 Å². The van der Waals surface area contributed by atoms with Crippen LogP contribution in [0.4, 0.5) is 15.8 Å². The van der Waals surface area contributed by atoms with Gasteiger partial charge < -0.3 is 15.0 Å². The highest BCUT2D eigenvalue weighted by atomic mass is 32.2. The number of nitrogens with two attached hydrogens (primary N) is 1. The summed E-state index contributed by atoms with van der Waals surface area (Å²) in [4.78, 5) is 56.1. The van der Waals surface area contributed by atoms with Gasteiger partial charge in [0, 0.05) is 16.5 Å². The molecule has 3 aromatic carbocycles. The van der Waals surface area contributed by atoms with Crippen molar-refractivity contribution in [3.8, 4) is 5.75 Å². The van der Waals surface area contributed by atoms with Crippen LogP contribution in [0.3, 0.4) is 0 Å². The molecule has 1 saturated heterocycles. The number of nitrogens with zero attached hydrogens (tertiary/aromatic N) is 1. The van der Waals surface area contributed by atoms with Crippen molar-refractivity contribution < 1.29 is 31.9 Å². The Labute approximate surface area is 251 Å². The largest absolute Gasteiger partial charge is 0.484 e. The number of carbonyl (C=O) groups is 3. The minimum Gasteiger partial charge on any atom is -0.484 e. The number of carbonyl (C=O) groups excluding carboxylic acids is 3. The van der Waals surface area contributed by atoms with Gasteiger partial charge in [0.2, 0.25) is 21.8 Å². The maximum absolute atomic E-state index is 13.8. The number of sulfonamides is 1. The summed E-state index contributed by atoms with van der Waals surface area (Å²) in [6.07, 6.45) is 0. The van der Waals surface area contributed by atoms with E-state index in [1.165, 1.54) is 48.5 Å². The molecule has 0 spiro atoms. The van der Waals surface area contributed by atoms with Gasteiger partial charge in [-0.25, -0.2) is 22.8 Å². The maximum atomic E-state index is 13.8. The second-order valence-electron chi connectivity index (χ2n) is 9.72. The minimum absolute atomic E-state index is 0.0965. The molecule has 0 saturated carbocycles. The van der Waals surface area contributed by atoms with Crippen LogP contribution in [0, 0.1) is 11.7 Å². The van der Waals surface area contributed by atoms with Crippen molar-refractivity contribution in [2.45, 2.75) is 21.1 Å². The average molecular weight is 641 g/mol. The molecule has 1 fully saturated rings. The first-order valence-electron chi connectivity index (χ1n) is 12.7. The number of primary sulfonamides is 1. The number of H-pyrrole nitrogens is 1. The number of hydrogen-bond donors (Lipinski definition) is 3. The third-order valence-electron chi connectivity index (χ3n) is 6.96. The van der Waals surface area contributed by atoms with Crippen LogP contribution < -0.4 is 25.0 Å². The summed E-state index contributed by atoms with van der Waals surface area (Å²) in [5.74, 6) is -3.15. The quantitative estimate of drug-likeness (QED) is 0.259. The van der Waals surface area contributed by atoms with Gasteiger partial charge in [0.25, 0.3) is 5.91 Å². The number of anilines is 2. The Morgan fingerprint density at radius 3 is 2.44 bits per heavy atom. The lowest BCUT2D eigenvalue weighted by Gasteiger charge is -2.30. The molecule has 0 radical (unpaired) electrons. The van der Waals surface area contributed by atoms with Crippen LogP contribution in [-0.4, -0.2) is 43.0 Å². The summed E-state index contributed by atoms with van der Waals surface area (Å²) in [6.45, 7) is -0.383. The van der Waals surface area contributed by atoms with E-state index in [0.29, 0.717) is 26.9 Å². The molecule has 11 nitrogen and oxygen atoms in total. The third-order valence-corrected chi connectivity index (χ3v) is 10.3. The second-order valence-corrected chi connectivity index (χ2v) is 13.4. The number of ether oxygens (including phenoxy) is 1. The molecule has 0 bridgehead atoms. The maximum Gasteiger partial charge on any atom is 0.305 e. The molecule has 220 valence electrons. The number of fused-ring (bicyclic) bond motifs is 2. The summed E-state index contributed by atoms with van der Waals surface area (Å²) in [7, 11) is -3.87. The first-order chi connectivity index (χ1) is 20.5. The van der Waals surface area contributed by atoms with Crippen LogP contribution >= 0.6 is 23.1 Å². The van der Waals surface area contributed by atoms with Crippen molar-refractivity contribution in [2.24, 2.45) is 11.1 Å². The number of nitrogens with one attached hydrogen (secondary N) is 2. The molecule has 3 heterocycles. The predicted octanol–water partition coefficient (Wildman–Crippen LogP) is 3.04. The lowest BCUT2D eigenvalue weighted by molar-refractivity contribution is -0.122. The average Bonchev–Trinajstić information content (AvgIpc) is 3.46. The van der Waals surface area contributed by atoms with Gasteiger partial charge in [0.15, 0.2) is 6.61 Å². The molecule has 3 unspecified atom stereocenters. The van der Waals surface area contributed by atoms with Crippen molar-refractivity contribution in [3.63, 3.8) is 0 Å².